The van der Waals surface area contributed by atoms with Gasteiger partial charge in [0.2, 0.25) is 0 Å². The molecule has 1 atom stereocenters. The number of benzene rings is 1. The van der Waals surface area contributed by atoms with Crippen LogP contribution in [-0.2, 0) is 4.74 Å². The highest BCUT2D eigenvalue weighted by molar-refractivity contribution is 6.32. The van der Waals surface area contributed by atoms with Crippen LogP contribution >= 0.6 is 11.6 Å². The summed E-state index contributed by atoms with van der Waals surface area (Å²) >= 11 is 5.94. The van der Waals surface area contributed by atoms with Crippen molar-refractivity contribution in [1.82, 2.24) is 10.2 Å². The highest BCUT2D eigenvalue weighted by atomic mass is 35.5. The van der Waals surface area contributed by atoms with Crippen LogP contribution in [0.5, 0.6) is 5.75 Å². The van der Waals surface area contributed by atoms with Gasteiger partial charge < -0.3 is 20.1 Å². The molecule has 0 radical (unpaired) electrons. The predicted octanol–water partition coefficient (Wildman–Crippen LogP) is 2.93. The van der Waals surface area contributed by atoms with Crippen LogP contribution < -0.4 is 5.32 Å². The van der Waals surface area contributed by atoms with Gasteiger partial charge in [-0.1, -0.05) is 17.7 Å². The third kappa shape index (κ3) is 4.25. The number of aromatic hydroxyl groups is 1. The first-order valence-electron chi connectivity index (χ1n) is 6.96. The summed E-state index contributed by atoms with van der Waals surface area (Å²) in [5, 5.41) is 13.1. The number of nitrogens with zero attached hydrogens (tertiary/aromatic N) is 1. The van der Waals surface area contributed by atoms with Gasteiger partial charge in [0, 0.05) is 19.6 Å². The second kappa shape index (κ2) is 6.12. The van der Waals surface area contributed by atoms with Gasteiger partial charge in [0.1, 0.15) is 11.4 Å². The number of carbonyl (C=O) groups excluding carboxylic acids is 1. The minimum atomic E-state index is -0.501. The summed E-state index contributed by atoms with van der Waals surface area (Å²) in [7, 11) is 0. The number of halogens is 1. The summed E-state index contributed by atoms with van der Waals surface area (Å²) in [5.41, 5.74) is 0.435. The van der Waals surface area contributed by atoms with Crippen molar-refractivity contribution in [2.45, 2.75) is 32.4 Å². The van der Waals surface area contributed by atoms with Crippen LogP contribution in [0, 0.1) is 0 Å². The zero-order valence-electron chi connectivity index (χ0n) is 12.5. The van der Waals surface area contributed by atoms with E-state index in [9.17, 15) is 9.90 Å². The Balaban J connectivity index is 2.06. The first-order valence-corrected chi connectivity index (χ1v) is 7.34. The zero-order chi connectivity index (χ0) is 15.6. The van der Waals surface area contributed by atoms with E-state index in [1.165, 1.54) is 0 Å². The quantitative estimate of drug-likeness (QED) is 0.837. The molecule has 21 heavy (non-hydrogen) atoms. The fourth-order valence-corrected chi connectivity index (χ4v) is 2.39. The molecule has 0 aromatic heterocycles. The van der Waals surface area contributed by atoms with Gasteiger partial charge in [-0.15, -0.1) is 0 Å². The molecule has 5 nitrogen and oxygen atoms in total. The SMILES string of the molecule is CC(C)(C)OC(=O)N1CCNC(c2ccc(O)c(Cl)c2)C1. The van der Waals surface area contributed by atoms with Crippen molar-refractivity contribution in [2.24, 2.45) is 0 Å². The number of hydrogen-bond donors (Lipinski definition) is 2. The lowest BCUT2D eigenvalue weighted by Crippen LogP contribution is -2.49. The Morgan fingerprint density at radius 2 is 2.19 bits per heavy atom. The van der Waals surface area contributed by atoms with Crippen LogP contribution in [0.2, 0.25) is 5.02 Å². The highest BCUT2D eigenvalue weighted by Crippen LogP contribution is 2.28. The molecule has 1 aromatic rings. The molecule has 0 aliphatic carbocycles. The van der Waals surface area contributed by atoms with Crippen molar-refractivity contribution in [2.75, 3.05) is 19.6 Å². The number of ether oxygens (including phenoxy) is 1. The van der Waals surface area contributed by atoms with Gasteiger partial charge in [-0.05, 0) is 38.5 Å². The van der Waals surface area contributed by atoms with Gasteiger partial charge in [0.25, 0.3) is 0 Å². The fourth-order valence-electron chi connectivity index (χ4n) is 2.21. The number of piperazine rings is 1. The maximum atomic E-state index is 12.1. The summed E-state index contributed by atoms with van der Waals surface area (Å²) in [6, 6.07) is 5.06. The van der Waals surface area contributed by atoms with E-state index in [-0.39, 0.29) is 17.9 Å². The Kier molecular flexibility index (Phi) is 4.64. The Bertz CT molecular complexity index is 528. The predicted molar refractivity (Wildman–Crippen MR) is 81.7 cm³/mol. The van der Waals surface area contributed by atoms with Gasteiger partial charge in [0.05, 0.1) is 11.1 Å². The van der Waals surface area contributed by atoms with Gasteiger partial charge in [0.15, 0.2) is 0 Å². The number of nitrogens with one attached hydrogen (secondary N) is 1. The average molecular weight is 313 g/mol. The standard InChI is InChI=1S/C15H21ClN2O3/c1-15(2,3)21-14(20)18-7-6-17-12(9-18)10-4-5-13(19)11(16)8-10/h4-5,8,12,17,19H,6-7,9H2,1-3H3. The molecule has 0 spiro atoms. The van der Waals surface area contributed by atoms with E-state index in [0.717, 1.165) is 5.56 Å². The molecule has 2 N–H and O–H groups in total. The van der Waals surface area contributed by atoms with Gasteiger partial charge >= 0.3 is 6.09 Å². The molecule has 6 heteroatoms. The number of rotatable bonds is 1. The first kappa shape index (κ1) is 15.9. The lowest BCUT2D eigenvalue weighted by atomic mass is 10.0. The topological polar surface area (TPSA) is 61.8 Å². The van der Waals surface area contributed by atoms with E-state index in [2.05, 4.69) is 5.32 Å². The van der Waals surface area contributed by atoms with Crippen molar-refractivity contribution in [3.8, 4) is 5.75 Å². The number of phenolic OH excluding ortho intramolecular Hbond substituents is 1. The Morgan fingerprint density at radius 3 is 2.81 bits per heavy atom. The first-order chi connectivity index (χ1) is 9.76. The molecule has 1 aliphatic rings. The third-order valence-corrected chi connectivity index (χ3v) is 3.50. The lowest BCUT2D eigenvalue weighted by Gasteiger charge is -2.35. The minimum absolute atomic E-state index is 0.0237. The van der Waals surface area contributed by atoms with Crippen LogP contribution in [0.3, 0.4) is 0 Å². The molecule has 1 saturated heterocycles. The molecule has 1 heterocycles. The van der Waals surface area contributed by atoms with Gasteiger partial charge in [-0.25, -0.2) is 4.79 Å². The maximum Gasteiger partial charge on any atom is 0.410 e. The van der Waals surface area contributed by atoms with E-state index < -0.39 is 5.60 Å². The monoisotopic (exact) mass is 312 g/mol. The maximum absolute atomic E-state index is 12.1. The molecule has 0 saturated carbocycles. The Morgan fingerprint density at radius 1 is 1.48 bits per heavy atom. The van der Waals surface area contributed by atoms with Gasteiger partial charge in [-0.3, -0.25) is 0 Å². The summed E-state index contributed by atoms with van der Waals surface area (Å²) in [6.07, 6.45) is -0.307. The van der Waals surface area contributed by atoms with Crippen LogP contribution in [0.25, 0.3) is 0 Å². The van der Waals surface area contributed by atoms with Crippen molar-refractivity contribution < 1.29 is 14.6 Å². The van der Waals surface area contributed by atoms with Crippen molar-refractivity contribution in [3.05, 3.63) is 28.8 Å². The van der Waals surface area contributed by atoms with Crippen molar-refractivity contribution in [1.29, 1.82) is 0 Å². The molecule has 1 unspecified atom stereocenters. The molecular formula is C15H21ClN2O3. The second-order valence-corrected chi connectivity index (χ2v) is 6.55. The molecule has 2 rings (SSSR count). The molecule has 0 bridgehead atoms. The summed E-state index contributed by atoms with van der Waals surface area (Å²) in [5.74, 6) is 0.0558. The molecule has 1 amide bonds. The average Bonchev–Trinajstić information content (AvgIpc) is 2.40. The number of phenols is 1. The van der Waals surface area contributed by atoms with Crippen molar-refractivity contribution in [3.63, 3.8) is 0 Å². The molecule has 116 valence electrons. The van der Waals surface area contributed by atoms with E-state index in [4.69, 9.17) is 16.3 Å². The highest BCUT2D eigenvalue weighted by Gasteiger charge is 2.28. The van der Waals surface area contributed by atoms with Crippen LogP contribution in [0.15, 0.2) is 18.2 Å². The Hall–Kier alpha value is -1.46. The normalized spacial score (nSPS) is 19.4. The number of hydrogen-bond acceptors (Lipinski definition) is 4. The largest absolute Gasteiger partial charge is 0.506 e. The van der Waals surface area contributed by atoms with Gasteiger partial charge in [-0.2, -0.15) is 0 Å². The summed E-state index contributed by atoms with van der Waals surface area (Å²) < 4.78 is 5.40. The number of amides is 1. The molecule has 1 aromatic carbocycles. The third-order valence-electron chi connectivity index (χ3n) is 3.20. The lowest BCUT2D eigenvalue weighted by molar-refractivity contribution is 0.0195. The zero-order valence-corrected chi connectivity index (χ0v) is 13.3. The fraction of sp³-hybridized carbons (Fsp3) is 0.533. The van der Waals surface area contributed by atoms with E-state index in [1.807, 2.05) is 20.8 Å². The number of carbonyl (C=O) groups is 1. The molecule has 1 aliphatic heterocycles. The molecular weight excluding hydrogens is 292 g/mol. The smallest absolute Gasteiger partial charge is 0.410 e. The summed E-state index contributed by atoms with van der Waals surface area (Å²) in [4.78, 5) is 13.8. The second-order valence-electron chi connectivity index (χ2n) is 6.14. The van der Waals surface area contributed by atoms with Crippen LogP contribution in [-0.4, -0.2) is 41.3 Å². The minimum Gasteiger partial charge on any atom is -0.506 e. The summed E-state index contributed by atoms with van der Waals surface area (Å²) in [6.45, 7) is 7.36. The molecule has 1 fully saturated rings. The van der Waals surface area contributed by atoms with E-state index in [1.54, 1.807) is 23.1 Å². The van der Waals surface area contributed by atoms with Crippen LogP contribution in [0.4, 0.5) is 4.79 Å². The van der Waals surface area contributed by atoms with E-state index in [0.29, 0.717) is 24.7 Å². The Labute approximate surface area is 129 Å². The van der Waals surface area contributed by atoms with E-state index >= 15 is 0 Å². The van der Waals surface area contributed by atoms with Crippen molar-refractivity contribution >= 4 is 17.7 Å². The van der Waals surface area contributed by atoms with Crippen LogP contribution in [0.1, 0.15) is 32.4 Å².